The number of hydrogen-bond acceptors (Lipinski definition) is 16. The smallest absolute Gasteiger partial charge is 0.306 e. The molecule has 3 atom stereocenters. The molecule has 64 heavy (non-hydrogen) atoms. The van der Waals surface area contributed by atoms with E-state index in [9.17, 15) is 43.5 Å². The predicted molar refractivity (Wildman–Crippen MR) is 230 cm³/mol. The molecule has 1 heterocycles. The summed E-state index contributed by atoms with van der Waals surface area (Å²) in [5.41, 5.74) is 0. The van der Waals surface area contributed by atoms with Crippen LogP contribution in [0.4, 0.5) is 0 Å². The molecule has 3 N–H and O–H groups in total. The predicted octanol–water partition coefficient (Wildman–Crippen LogP) is 1.34. The van der Waals surface area contributed by atoms with Crippen LogP contribution in [-0.4, -0.2) is 182 Å². The summed E-state index contributed by atoms with van der Waals surface area (Å²) in [5.74, 6) is -5.27. The average Bonchev–Trinajstić information content (AvgIpc) is 3.57. The quantitative estimate of drug-likeness (QED) is 0.0576. The Bertz CT molecular complexity index is 1420. The first-order valence-corrected chi connectivity index (χ1v) is 22.2. The second kappa shape index (κ2) is 36.2. The van der Waals surface area contributed by atoms with Crippen LogP contribution in [-0.2, 0) is 76.3 Å². The number of amides is 4. The molecule has 0 fully saturated rings. The number of imide groups is 1. The van der Waals surface area contributed by atoms with Crippen LogP contribution in [0.3, 0.4) is 0 Å². The fourth-order valence-electron chi connectivity index (χ4n) is 6.00. The van der Waals surface area contributed by atoms with Crippen LogP contribution < -0.4 is 10.6 Å². The molecule has 1 rings (SSSR count). The van der Waals surface area contributed by atoms with E-state index >= 15 is 0 Å². The molecule has 0 saturated heterocycles. The molecule has 0 radical (unpaired) electrons. The highest BCUT2D eigenvalue weighted by molar-refractivity contribution is 6.13. The van der Waals surface area contributed by atoms with Gasteiger partial charge in [-0.05, 0) is 12.3 Å². The van der Waals surface area contributed by atoms with Crippen LogP contribution in [0.5, 0.6) is 0 Å². The van der Waals surface area contributed by atoms with E-state index < -0.39 is 41.6 Å². The Labute approximate surface area is 377 Å². The first-order chi connectivity index (χ1) is 30.6. The molecule has 0 aliphatic carbocycles. The van der Waals surface area contributed by atoms with Crippen LogP contribution in [0.15, 0.2) is 12.2 Å². The second-order valence-corrected chi connectivity index (χ2v) is 15.6. The van der Waals surface area contributed by atoms with Crippen LogP contribution >= 0.6 is 0 Å². The Kier molecular flexibility index (Phi) is 32.8. The molecule has 366 valence electrons. The highest BCUT2D eigenvalue weighted by atomic mass is 16.6. The fraction of sp³-hybridized carbons (Fsp3) is 0.773. The zero-order chi connectivity index (χ0) is 47.5. The normalized spacial score (nSPS) is 14.0. The van der Waals surface area contributed by atoms with E-state index in [1.165, 1.54) is 12.2 Å². The summed E-state index contributed by atoms with van der Waals surface area (Å²) in [6.45, 7) is 14.8. The van der Waals surface area contributed by atoms with Gasteiger partial charge in [-0.25, -0.2) is 0 Å². The Hall–Kier alpha value is -4.02. The summed E-state index contributed by atoms with van der Waals surface area (Å²) < 4.78 is 43.5. The number of ether oxygens (including phenoxy) is 8. The third-order valence-electron chi connectivity index (χ3n) is 9.60. The van der Waals surface area contributed by atoms with Gasteiger partial charge in [0.05, 0.1) is 118 Å². The molecule has 0 aromatic heterocycles. The lowest BCUT2D eigenvalue weighted by Gasteiger charge is -2.23. The van der Waals surface area contributed by atoms with Crippen molar-refractivity contribution >= 4 is 46.9 Å². The van der Waals surface area contributed by atoms with Crippen molar-refractivity contribution in [1.82, 2.24) is 15.5 Å². The highest BCUT2D eigenvalue weighted by Crippen LogP contribution is 2.17. The maximum Gasteiger partial charge on any atom is 0.306 e. The molecule has 1 aliphatic rings. The highest BCUT2D eigenvalue weighted by Gasteiger charge is 2.29. The zero-order valence-corrected chi connectivity index (χ0v) is 38.4. The number of Topliss-reactive ketones (excluding diaryl/α,β-unsaturated/α-hetero) is 3. The average molecular weight is 916 g/mol. The first-order valence-electron chi connectivity index (χ1n) is 22.2. The van der Waals surface area contributed by atoms with Gasteiger partial charge in [0.15, 0.2) is 5.78 Å². The molecule has 4 amide bonds. The Morgan fingerprint density at radius 2 is 1.02 bits per heavy atom. The molecule has 0 bridgehead atoms. The van der Waals surface area contributed by atoms with E-state index in [4.69, 9.17) is 37.9 Å². The minimum Gasteiger partial charge on any atom is -0.481 e. The van der Waals surface area contributed by atoms with Gasteiger partial charge in [-0.1, -0.05) is 34.6 Å². The van der Waals surface area contributed by atoms with Crippen molar-refractivity contribution in [2.24, 2.45) is 23.7 Å². The van der Waals surface area contributed by atoms with Crippen LogP contribution in [0, 0.1) is 23.7 Å². The zero-order valence-electron chi connectivity index (χ0n) is 38.4. The third kappa shape index (κ3) is 28.7. The number of hydrogen-bond donors (Lipinski definition) is 3. The first kappa shape index (κ1) is 58.0. The second-order valence-electron chi connectivity index (χ2n) is 15.6. The molecule has 0 spiro atoms. The van der Waals surface area contributed by atoms with E-state index in [-0.39, 0.29) is 100.0 Å². The SMILES string of the molecule is CC(C)C(=O)[C@H](C)CC(=O)[C@@H](NC(=O)CCC(CC(=O)CCOCCOCCOCCOCCOCCOCCOCCOCCNC(=O)CCN1C(=O)C=CC1=O)C(=O)O)C(C)C. The van der Waals surface area contributed by atoms with E-state index in [0.717, 1.165) is 4.90 Å². The summed E-state index contributed by atoms with van der Waals surface area (Å²) in [7, 11) is 0. The molecule has 1 unspecified atom stereocenters. The van der Waals surface area contributed by atoms with Gasteiger partial charge < -0.3 is 53.6 Å². The third-order valence-corrected chi connectivity index (χ3v) is 9.60. The maximum absolute atomic E-state index is 12.9. The number of ketones is 3. The molecular formula is C44H73N3O17. The topological polar surface area (TPSA) is 258 Å². The molecule has 20 heteroatoms. The van der Waals surface area contributed by atoms with Gasteiger partial charge in [0.2, 0.25) is 11.8 Å². The van der Waals surface area contributed by atoms with Gasteiger partial charge in [0.1, 0.15) is 11.6 Å². The minimum atomic E-state index is -1.18. The Balaban J connectivity index is 1.91. The lowest BCUT2D eigenvalue weighted by molar-refractivity contribution is -0.144. The number of carbonyl (C=O) groups is 8. The molecule has 1 aliphatic heterocycles. The maximum atomic E-state index is 12.9. The monoisotopic (exact) mass is 915 g/mol. The van der Waals surface area contributed by atoms with E-state index in [1.807, 2.05) is 0 Å². The van der Waals surface area contributed by atoms with Gasteiger partial charge in [0, 0.05) is 69.2 Å². The van der Waals surface area contributed by atoms with Crippen molar-refractivity contribution in [3.63, 3.8) is 0 Å². The molecule has 0 aromatic carbocycles. The largest absolute Gasteiger partial charge is 0.481 e. The summed E-state index contributed by atoms with van der Waals surface area (Å²) in [4.78, 5) is 97.8. The van der Waals surface area contributed by atoms with Gasteiger partial charge in [-0.15, -0.1) is 0 Å². The number of nitrogens with one attached hydrogen (secondary N) is 2. The summed E-state index contributed by atoms with van der Waals surface area (Å²) in [6.07, 6.45) is 1.96. The van der Waals surface area contributed by atoms with Crippen molar-refractivity contribution in [3.05, 3.63) is 12.2 Å². The van der Waals surface area contributed by atoms with Crippen molar-refractivity contribution in [1.29, 1.82) is 0 Å². The summed E-state index contributed by atoms with van der Waals surface area (Å²) in [5, 5.41) is 15.0. The number of carboxylic acid groups (broad SMARTS) is 1. The van der Waals surface area contributed by atoms with Gasteiger partial charge in [0.25, 0.3) is 11.8 Å². The Morgan fingerprint density at radius 3 is 1.44 bits per heavy atom. The van der Waals surface area contributed by atoms with E-state index in [0.29, 0.717) is 92.4 Å². The summed E-state index contributed by atoms with van der Waals surface area (Å²) >= 11 is 0. The fourth-order valence-corrected chi connectivity index (χ4v) is 6.00. The molecule has 20 nitrogen and oxygen atoms in total. The number of rotatable bonds is 43. The van der Waals surface area contributed by atoms with Gasteiger partial charge >= 0.3 is 5.97 Å². The van der Waals surface area contributed by atoms with Crippen LogP contribution in [0.1, 0.15) is 73.1 Å². The van der Waals surface area contributed by atoms with Gasteiger partial charge in [-0.3, -0.25) is 43.3 Å². The van der Waals surface area contributed by atoms with Crippen molar-refractivity contribution in [3.8, 4) is 0 Å². The lowest BCUT2D eigenvalue weighted by Crippen LogP contribution is -2.45. The molecule has 0 aromatic rings. The summed E-state index contributed by atoms with van der Waals surface area (Å²) in [6, 6.07) is -0.796. The van der Waals surface area contributed by atoms with E-state index in [1.54, 1.807) is 34.6 Å². The standard InChI is InChI=1S/C44H73N3O17/c1-32(2)42(37(49)30-34(5)43(54)33(3)4)46-39(51)7-6-35(44(55)56)31-36(48)11-14-57-16-18-59-20-22-61-24-26-63-28-29-64-27-25-62-23-21-60-19-17-58-15-12-45-38(50)10-13-47-40(52)8-9-41(47)53/h8-9,32-35,42H,6-7,10-31H2,1-5H3,(H,45,50)(H,46,51)(H,55,56)/t34-,35?,42+/m1/s1. The van der Waals surface area contributed by atoms with Crippen molar-refractivity contribution in [2.45, 2.75) is 79.2 Å². The Morgan fingerprint density at radius 1 is 0.578 bits per heavy atom. The molecular weight excluding hydrogens is 842 g/mol. The lowest BCUT2D eigenvalue weighted by atomic mass is 9.88. The van der Waals surface area contributed by atoms with Crippen molar-refractivity contribution < 1.29 is 81.4 Å². The van der Waals surface area contributed by atoms with Crippen molar-refractivity contribution in [2.75, 3.05) is 119 Å². The molecule has 0 saturated carbocycles. The minimum absolute atomic E-state index is 0.0116. The van der Waals surface area contributed by atoms with E-state index in [2.05, 4.69) is 10.6 Å². The van der Waals surface area contributed by atoms with Crippen LogP contribution in [0.2, 0.25) is 0 Å². The number of aliphatic carboxylic acids is 1. The number of carboxylic acids is 1. The van der Waals surface area contributed by atoms with Gasteiger partial charge in [-0.2, -0.15) is 0 Å². The number of carbonyl (C=O) groups excluding carboxylic acids is 7. The van der Waals surface area contributed by atoms with Crippen LogP contribution in [0.25, 0.3) is 0 Å². The number of nitrogens with zero attached hydrogens (tertiary/aromatic N) is 1.